The summed E-state index contributed by atoms with van der Waals surface area (Å²) in [7, 11) is 0. The molecule has 242 valence electrons. The Morgan fingerprint density at radius 1 is 0.353 bits per heavy atom. The Kier molecular flexibility index (Phi) is 8.96. The molecule has 1 aromatic heterocycles. The van der Waals surface area contributed by atoms with E-state index in [1.165, 1.54) is 38.9 Å². The molecule has 8 rings (SSSR count). The summed E-state index contributed by atoms with van der Waals surface area (Å²) in [6.07, 6.45) is 4.33. The minimum atomic E-state index is 0.711. The Labute approximate surface area is 300 Å². The van der Waals surface area contributed by atoms with Gasteiger partial charge in [-0.05, 0) is 75.2 Å². The first kappa shape index (κ1) is 31.6. The molecule has 0 unspecified atom stereocenters. The van der Waals surface area contributed by atoms with Crippen molar-refractivity contribution in [2.24, 2.45) is 0 Å². The summed E-state index contributed by atoms with van der Waals surface area (Å²) in [5.41, 5.74) is 15.6. The van der Waals surface area contributed by atoms with E-state index in [0.29, 0.717) is 5.82 Å². The predicted molar refractivity (Wildman–Crippen MR) is 215 cm³/mol. The van der Waals surface area contributed by atoms with Gasteiger partial charge in [0.25, 0.3) is 0 Å². The summed E-state index contributed by atoms with van der Waals surface area (Å²) in [6.45, 7) is 2.08. The topological polar surface area (TPSA) is 25.8 Å². The normalized spacial score (nSPS) is 11.2. The lowest BCUT2D eigenvalue weighted by Crippen LogP contribution is -1.96. The third-order valence-corrected chi connectivity index (χ3v) is 9.20. The number of rotatable bonds is 8. The second-order valence-electron chi connectivity index (χ2n) is 12.5. The minimum Gasteiger partial charge on any atom is -0.228 e. The van der Waals surface area contributed by atoms with Crippen LogP contribution in [0.3, 0.4) is 0 Å². The van der Waals surface area contributed by atoms with Crippen LogP contribution in [0.2, 0.25) is 0 Å². The third-order valence-electron chi connectivity index (χ3n) is 9.20. The number of hydrogen-bond acceptors (Lipinski definition) is 2. The van der Waals surface area contributed by atoms with Crippen LogP contribution in [0.1, 0.15) is 12.5 Å². The molecular formula is C49H36N2. The zero-order valence-corrected chi connectivity index (χ0v) is 28.4. The molecule has 0 spiro atoms. The average Bonchev–Trinajstić information content (AvgIpc) is 3.22. The molecule has 0 amide bonds. The summed E-state index contributed by atoms with van der Waals surface area (Å²) in [5.74, 6) is 0.711. The first-order valence-electron chi connectivity index (χ1n) is 17.4. The Balaban J connectivity index is 1.26. The second kappa shape index (κ2) is 14.5. The molecule has 2 heteroatoms. The fraction of sp³-hybridized carbons (Fsp3) is 0.0204. The maximum Gasteiger partial charge on any atom is 0.160 e. The van der Waals surface area contributed by atoms with Crippen LogP contribution in [0.5, 0.6) is 0 Å². The van der Waals surface area contributed by atoms with Gasteiger partial charge in [0.15, 0.2) is 5.82 Å². The lowest BCUT2D eigenvalue weighted by molar-refractivity contribution is 1.18. The van der Waals surface area contributed by atoms with Gasteiger partial charge in [0.2, 0.25) is 0 Å². The number of nitrogens with zero attached hydrogens (tertiary/aromatic N) is 2. The highest BCUT2D eigenvalue weighted by Crippen LogP contribution is 2.43. The van der Waals surface area contributed by atoms with E-state index in [4.69, 9.17) is 9.97 Å². The van der Waals surface area contributed by atoms with E-state index in [1.54, 1.807) is 0 Å². The van der Waals surface area contributed by atoms with Gasteiger partial charge in [0.05, 0.1) is 11.4 Å². The molecule has 51 heavy (non-hydrogen) atoms. The summed E-state index contributed by atoms with van der Waals surface area (Å²) >= 11 is 0. The van der Waals surface area contributed by atoms with E-state index in [1.807, 2.05) is 36.4 Å². The number of allylic oxidation sites excluding steroid dienone is 1. The van der Waals surface area contributed by atoms with Crippen LogP contribution in [0.15, 0.2) is 194 Å². The van der Waals surface area contributed by atoms with Crippen molar-refractivity contribution in [1.29, 1.82) is 0 Å². The Hall–Kier alpha value is -6.64. The van der Waals surface area contributed by atoms with Gasteiger partial charge in [-0.25, -0.2) is 9.97 Å². The summed E-state index contributed by atoms with van der Waals surface area (Å²) in [6, 6.07) is 66.2. The molecule has 0 radical (unpaired) electrons. The molecule has 1 heterocycles. The molecule has 0 aliphatic heterocycles. The summed E-state index contributed by atoms with van der Waals surface area (Å²) < 4.78 is 0. The Bertz CT molecular complexity index is 2390. The van der Waals surface area contributed by atoms with E-state index in [9.17, 15) is 0 Å². The summed E-state index contributed by atoms with van der Waals surface area (Å²) in [4.78, 5) is 10.1. The van der Waals surface area contributed by atoms with Crippen molar-refractivity contribution < 1.29 is 0 Å². The van der Waals surface area contributed by atoms with Crippen LogP contribution in [0.4, 0.5) is 0 Å². The number of hydrogen-bond donors (Lipinski definition) is 0. The highest BCUT2D eigenvalue weighted by molar-refractivity contribution is 5.98. The van der Waals surface area contributed by atoms with Crippen molar-refractivity contribution in [2.75, 3.05) is 0 Å². The molecule has 0 N–H and O–H groups in total. The highest BCUT2D eigenvalue weighted by Gasteiger charge is 2.18. The van der Waals surface area contributed by atoms with E-state index in [2.05, 4.69) is 171 Å². The van der Waals surface area contributed by atoms with Crippen molar-refractivity contribution in [1.82, 2.24) is 9.97 Å². The van der Waals surface area contributed by atoms with E-state index in [-0.39, 0.29) is 0 Å². The summed E-state index contributed by atoms with van der Waals surface area (Å²) in [5, 5.41) is 0. The largest absolute Gasteiger partial charge is 0.228 e. The van der Waals surface area contributed by atoms with Gasteiger partial charge in [-0.1, -0.05) is 182 Å². The van der Waals surface area contributed by atoms with Gasteiger partial charge in [-0.15, -0.1) is 0 Å². The smallest absolute Gasteiger partial charge is 0.160 e. The van der Waals surface area contributed by atoms with E-state index < -0.39 is 0 Å². The van der Waals surface area contributed by atoms with Crippen LogP contribution in [0, 0.1) is 0 Å². The minimum absolute atomic E-state index is 0.711. The predicted octanol–water partition coefficient (Wildman–Crippen LogP) is 13.2. The molecule has 0 saturated carbocycles. The average molecular weight is 653 g/mol. The second-order valence-corrected chi connectivity index (χ2v) is 12.5. The quantitative estimate of drug-likeness (QED) is 0.163. The first-order chi connectivity index (χ1) is 25.2. The Morgan fingerprint density at radius 2 is 0.804 bits per heavy atom. The lowest BCUT2D eigenvalue weighted by Gasteiger charge is -2.19. The maximum absolute atomic E-state index is 5.09. The van der Waals surface area contributed by atoms with Gasteiger partial charge in [-0.2, -0.15) is 0 Å². The monoisotopic (exact) mass is 652 g/mol. The highest BCUT2D eigenvalue weighted by atomic mass is 14.9. The standard InChI is InChI=1S/C49H36N2/c1-2-17-36-30-31-44(48(38-22-11-5-12-23-38)47(36)37-20-9-4-10-21-37)42-28-15-26-40(32-42)41-27-16-29-43(33-41)46-34-45(35-18-7-3-8-19-35)50-49(51-46)39-24-13-6-14-25-39/h2-34H,1H3/b17-2+. The SMILES string of the molecule is C/C=C/c1ccc(-c2cccc(-c3cccc(-c4cc(-c5ccccc5)nc(-c5ccccc5)n4)c3)c2)c(-c2ccccc2)c1-c1ccccc1. The molecule has 2 nitrogen and oxygen atoms in total. The first-order valence-corrected chi connectivity index (χ1v) is 17.4. The van der Waals surface area contributed by atoms with Crippen molar-refractivity contribution in [3.05, 3.63) is 200 Å². The van der Waals surface area contributed by atoms with Crippen molar-refractivity contribution in [3.63, 3.8) is 0 Å². The van der Waals surface area contributed by atoms with Crippen LogP contribution < -0.4 is 0 Å². The molecule has 7 aromatic carbocycles. The van der Waals surface area contributed by atoms with Crippen LogP contribution in [-0.2, 0) is 0 Å². The molecule has 0 aliphatic carbocycles. The fourth-order valence-electron chi connectivity index (χ4n) is 6.79. The number of benzene rings is 7. The van der Waals surface area contributed by atoms with Gasteiger partial charge < -0.3 is 0 Å². The van der Waals surface area contributed by atoms with Crippen molar-refractivity contribution >= 4 is 6.08 Å². The number of aromatic nitrogens is 2. The van der Waals surface area contributed by atoms with Gasteiger partial charge in [0, 0.05) is 16.7 Å². The molecule has 0 bridgehead atoms. The zero-order chi connectivity index (χ0) is 34.4. The van der Waals surface area contributed by atoms with Crippen LogP contribution >= 0.6 is 0 Å². The van der Waals surface area contributed by atoms with Crippen molar-refractivity contribution in [3.8, 4) is 78.4 Å². The maximum atomic E-state index is 5.09. The fourth-order valence-corrected chi connectivity index (χ4v) is 6.79. The molecule has 0 saturated heterocycles. The lowest BCUT2D eigenvalue weighted by atomic mass is 9.84. The molecule has 0 aliphatic rings. The molecule has 0 atom stereocenters. The Morgan fingerprint density at radius 3 is 1.39 bits per heavy atom. The van der Waals surface area contributed by atoms with Gasteiger partial charge >= 0.3 is 0 Å². The zero-order valence-electron chi connectivity index (χ0n) is 28.4. The van der Waals surface area contributed by atoms with Crippen LogP contribution in [0.25, 0.3) is 84.5 Å². The molecular weight excluding hydrogens is 617 g/mol. The van der Waals surface area contributed by atoms with E-state index in [0.717, 1.165) is 39.2 Å². The van der Waals surface area contributed by atoms with Gasteiger partial charge in [-0.3, -0.25) is 0 Å². The third kappa shape index (κ3) is 6.68. The van der Waals surface area contributed by atoms with Crippen LogP contribution in [-0.4, -0.2) is 9.97 Å². The van der Waals surface area contributed by atoms with E-state index >= 15 is 0 Å². The van der Waals surface area contributed by atoms with Gasteiger partial charge in [0.1, 0.15) is 0 Å². The molecule has 0 fully saturated rings. The molecule has 8 aromatic rings. The van der Waals surface area contributed by atoms with Crippen molar-refractivity contribution in [2.45, 2.75) is 6.92 Å².